The van der Waals surface area contributed by atoms with Gasteiger partial charge in [0.05, 0.1) is 10.7 Å². The maximum atomic E-state index is 13.3. The number of phenolic OH excluding ortho intramolecular Hbond substituents is 1. The molecule has 3 nitrogen and oxygen atoms in total. The maximum Gasteiger partial charge on any atom is 0.125 e. The molecule has 1 heterocycles. The van der Waals surface area contributed by atoms with Crippen molar-refractivity contribution in [2.24, 2.45) is 5.92 Å². The van der Waals surface area contributed by atoms with Crippen LogP contribution in [0.1, 0.15) is 36.6 Å². The van der Waals surface area contributed by atoms with E-state index in [1.807, 2.05) is 5.38 Å². The zero-order chi connectivity index (χ0) is 14.8. The highest BCUT2D eigenvalue weighted by Crippen LogP contribution is 2.38. The van der Waals surface area contributed by atoms with Gasteiger partial charge < -0.3 is 9.90 Å². The third kappa shape index (κ3) is 2.97. The first-order valence-electron chi connectivity index (χ1n) is 7.07. The first-order chi connectivity index (χ1) is 10.2. The predicted octanol–water partition coefficient (Wildman–Crippen LogP) is 4.13. The molecule has 1 aliphatic rings. The van der Waals surface area contributed by atoms with Crippen molar-refractivity contribution >= 4 is 17.6 Å². The number of carbonyl (C=O) groups excluding carboxylic acids is 1. The van der Waals surface area contributed by atoms with Crippen LogP contribution >= 0.6 is 11.3 Å². The minimum Gasteiger partial charge on any atom is -0.507 e. The number of aromatic hydroxyl groups is 1. The van der Waals surface area contributed by atoms with Gasteiger partial charge in [-0.2, -0.15) is 0 Å². The van der Waals surface area contributed by atoms with Crippen molar-refractivity contribution in [1.29, 1.82) is 0 Å². The predicted molar refractivity (Wildman–Crippen MR) is 79.9 cm³/mol. The molecule has 0 atom stereocenters. The number of hydrogen-bond donors (Lipinski definition) is 1. The Hall–Kier alpha value is -1.75. The van der Waals surface area contributed by atoms with Crippen molar-refractivity contribution in [3.63, 3.8) is 0 Å². The van der Waals surface area contributed by atoms with Gasteiger partial charge in [0, 0.05) is 22.8 Å². The van der Waals surface area contributed by atoms with Crippen LogP contribution in [0.4, 0.5) is 4.39 Å². The van der Waals surface area contributed by atoms with Crippen molar-refractivity contribution in [2.45, 2.75) is 31.6 Å². The number of aromatic nitrogens is 1. The molecule has 110 valence electrons. The molecule has 1 fully saturated rings. The summed E-state index contributed by atoms with van der Waals surface area (Å²) >= 11 is 1.54. The number of halogens is 1. The van der Waals surface area contributed by atoms with Crippen LogP contribution in [0.25, 0.3) is 11.3 Å². The normalized spacial score (nSPS) is 22.1. The lowest BCUT2D eigenvalue weighted by molar-refractivity contribution is -0.111. The van der Waals surface area contributed by atoms with E-state index >= 15 is 0 Å². The van der Waals surface area contributed by atoms with Crippen LogP contribution < -0.4 is 0 Å². The molecular formula is C16H16FNO2S. The number of carbonyl (C=O) groups is 1. The molecule has 1 aliphatic carbocycles. The Morgan fingerprint density at radius 2 is 2.05 bits per heavy atom. The topological polar surface area (TPSA) is 50.2 Å². The van der Waals surface area contributed by atoms with Gasteiger partial charge in [0.1, 0.15) is 17.9 Å². The van der Waals surface area contributed by atoms with Gasteiger partial charge in [-0.3, -0.25) is 0 Å². The van der Waals surface area contributed by atoms with Crippen LogP contribution in [0.15, 0.2) is 23.6 Å². The molecule has 0 spiro atoms. The molecule has 1 saturated carbocycles. The number of phenols is 1. The smallest absolute Gasteiger partial charge is 0.125 e. The summed E-state index contributed by atoms with van der Waals surface area (Å²) in [7, 11) is 0. The number of benzene rings is 1. The Bertz CT molecular complexity index is 647. The second-order valence-electron chi connectivity index (χ2n) is 5.48. The first kappa shape index (κ1) is 14.2. The summed E-state index contributed by atoms with van der Waals surface area (Å²) in [5, 5.41) is 12.7. The summed E-state index contributed by atoms with van der Waals surface area (Å²) in [6, 6.07) is 3.88. The molecule has 0 radical (unpaired) electrons. The second kappa shape index (κ2) is 5.93. The fourth-order valence-electron chi connectivity index (χ4n) is 2.81. The van der Waals surface area contributed by atoms with Crippen LogP contribution in [-0.2, 0) is 4.79 Å². The third-order valence-electron chi connectivity index (χ3n) is 4.07. The lowest BCUT2D eigenvalue weighted by Crippen LogP contribution is -2.13. The van der Waals surface area contributed by atoms with Gasteiger partial charge >= 0.3 is 0 Å². The Balaban J connectivity index is 1.80. The number of thiazole rings is 1. The van der Waals surface area contributed by atoms with E-state index < -0.39 is 0 Å². The third-order valence-corrected chi connectivity index (χ3v) is 5.08. The summed E-state index contributed by atoms with van der Waals surface area (Å²) in [6.45, 7) is 0. The van der Waals surface area contributed by atoms with Gasteiger partial charge in [0.25, 0.3) is 0 Å². The van der Waals surface area contributed by atoms with Gasteiger partial charge in [-0.05, 0) is 43.9 Å². The molecule has 0 unspecified atom stereocenters. The van der Waals surface area contributed by atoms with Gasteiger partial charge in [-0.15, -0.1) is 11.3 Å². The number of nitrogens with zero attached hydrogens (tertiary/aromatic N) is 1. The fourth-order valence-corrected chi connectivity index (χ4v) is 3.81. The van der Waals surface area contributed by atoms with Crippen LogP contribution in [0.3, 0.4) is 0 Å². The van der Waals surface area contributed by atoms with Gasteiger partial charge in [-0.25, -0.2) is 9.37 Å². The Labute approximate surface area is 126 Å². The lowest BCUT2D eigenvalue weighted by Gasteiger charge is -2.23. The van der Waals surface area contributed by atoms with E-state index in [1.165, 1.54) is 18.2 Å². The number of rotatable bonds is 3. The molecule has 1 aromatic heterocycles. The molecule has 1 aromatic carbocycles. The summed E-state index contributed by atoms with van der Waals surface area (Å²) in [5.41, 5.74) is 1.04. The SMILES string of the molecule is O=CC1CCC(c2nc(-c3cc(F)ccc3O)cs2)CC1. The zero-order valence-electron chi connectivity index (χ0n) is 11.5. The van der Waals surface area contributed by atoms with E-state index in [0.717, 1.165) is 37.0 Å². The molecule has 1 N–H and O–H groups in total. The quantitative estimate of drug-likeness (QED) is 0.868. The van der Waals surface area contributed by atoms with Crippen LogP contribution in [0.5, 0.6) is 5.75 Å². The molecule has 21 heavy (non-hydrogen) atoms. The number of aldehydes is 1. The highest BCUT2D eigenvalue weighted by atomic mass is 32.1. The molecule has 0 aliphatic heterocycles. The minimum atomic E-state index is -0.385. The van der Waals surface area contributed by atoms with Crippen molar-refractivity contribution < 1.29 is 14.3 Å². The van der Waals surface area contributed by atoms with E-state index in [9.17, 15) is 14.3 Å². The zero-order valence-corrected chi connectivity index (χ0v) is 12.3. The van der Waals surface area contributed by atoms with Crippen molar-refractivity contribution in [3.05, 3.63) is 34.4 Å². The van der Waals surface area contributed by atoms with Gasteiger partial charge in [0.15, 0.2) is 0 Å². The average Bonchev–Trinajstić information content (AvgIpc) is 2.99. The average molecular weight is 305 g/mol. The van der Waals surface area contributed by atoms with Crippen molar-refractivity contribution in [1.82, 2.24) is 4.98 Å². The lowest BCUT2D eigenvalue weighted by atomic mass is 9.83. The molecule has 3 rings (SSSR count). The minimum absolute atomic E-state index is 0.0397. The van der Waals surface area contributed by atoms with E-state index in [2.05, 4.69) is 4.98 Å². The molecule has 2 aromatic rings. The standard InChI is InChI=1S/C16H16FNO2S/c17-12-5-6-15(20)13(7-12)14-9-21-16(18-14)11-3-1-10(8-19)2-4-11/h5-11,20H,1-4H2. The van der Waals surface area contributed by atoms with E-state index in [-0.39, 0.29) is 17.5 Å². The Morgan fingerprint density at radius 1 is 1.29 bits per heavy atom. The van der Waals surface area contributed by atoms with Gasteiger partial charge in [0.2, 0.25) is 0 Å². The summed E-state index contributed by atoms with van der Waals surface area (Å²) in [5.74, 6) is 0.213. The monoisotopic (exact) mass is 305 g/mol. The van der Waals surface area contributed by atoms with Crippen LogP contribution in [-0.4, -0.2) is 16.4 Å². The van der Waals surface area contributed by atoms with Crippen LogP contribution in [0, 0.1) is 11.7 Å². The Morgan fingerprint density at radius 3 is 2.76 bits per heavy atom. The second-order valence-corrected chi connectivity index (χ2v) is 6.37. The van der Waals surface area contributed by atoms with Crippen LogP contribution in [0.2, 0.25) is 0 Å². The largest absolute Gasteiger partial charge is 0.507 e. The maximum absolute atomic E-state index is 13.3. The molecular weight excluding hydrogens is 289 g/mol. The number of hydrogen-bond acceptors (Lipinski definition) is 4. The summed E-state index contributed by atoms with van der Waals surface area (Å²) in [6.07, 6.45) is 4.80. The molecule has 0 bridgehead atoms. The summed E-state index contributed by atoms with van der Waals surface area (Å²) < 4.78 is 13.3. The molecule has 5 heteroatoms. The first-order valence-corrected chi connectivity index (χ1v) is 7.95. The highest BCUT2D eigenvalue weighted by Gasteiger charge is 2.24. The Kier molecular flexibility index (Phi) is 4.01. The van der Waals surface area contributed by atoms with Crippen molar-refractivity contribution in [3.8, 4) is 17.0 Å². The highest BCUT2D eigenvalue weighted by molar-refractivity contribution is 7.10. The van der Waals surface area contributed by atoms with Crippen molar-refractivity contribution in [2.75, 3.05) is 0 Å². The molecule has 0 saturated heterocycles. The summed E-state index contributed by atoms with van der Waals surface area (Å²) in [4.78, 5) is 15.3. The van der Waals surface area contributed by atoms with E-state index in [4.69, 9.17) is 0 Å². The van der Waals surface area contributed by atoms with E-state index in [1.54, 1.807) is 11.3 Å². The van der Waals surface area contributed by atoms with E-state index in [0.29, 0.717) is 17.2 Å². The van der Waals surface area contributed by atoms with Gasteiger partial charge in [-0.1, -0.05) is 0 Å². The fraction of sp³-hybridized carbons (Fsp3) is 0.375. The molecule has 0 amide bonds.